The average molecular weight is 229 g/mol. The lowest BCUT2D eigenvalue weighted by atomic mass is 10.2. The highest BCUT2D eigenvalue weighted by molar-refractivity contribution is 5.77. The number of aromatic nitrogens is 2. The summed E-state index contributed by atoms with van der Waals surface area (Å²) in [6, 6.07) is 7.52. The van der Waals surface area contributed by atoms with E-state index in [1.807, 2.05) is 35.0 Å². The van der Waals surface area contributed by atoms with Gasteiger partial charge in [0.05, 0.1) is 18.3 Å². The van der Waals surface area contributed by atoms with Crippen molar-refractivity contribution in [1.82, 2.24) is 15.1 Å². The van der Waals surface area contributed by atoms with Gasteiger partial charge in [-0.25, -0.2) is 0 Å². The summed E-state index contributed by atoms with van der Waals surface area (Å²) in [6.07, 6.45) is 3.19. The Morgan fingerprint density at radius 3 is 3.06 bits per heavy atom. The third-order valence-electron chi connectivity index (χ3n) is 2.55. The number of para-hydroxylation sites is 1. The Morgan fingerprint density at radius 1 is 1.41 bits per heavy atom. The molecule has 88 valence electrons. The molecule has 0 bridgehead atoms. The lowest BCUT2D eigenvalue weighted by Crippen LogP contribution is -2.22. The summed E-state index contributed by atoms with van der Waals surface area (Å²) in [5.41, 5.74) is 0.844. The third-order valence-corrected chi connectivity index (χ3v) is 2.55. The summed E-state index contributed by atoms with van der Waals surface area (Å²) in [4.78, 5) is 11.6. The van der Waals surface area contributed by atoms with Gasteiger partial charge in [0.2, 0.25) is 5.43 Å². The predicted octanol–water partition coefficient (Wildman–Crippen LogP) is 1.17. The van der Waals surface area contributed by atoms with E-state index >= 15 is 0 Å². The molecule has 0 radical (unpaired) electrons. The maximum Gasteiger partial charge on any atom is 0.207 e. The van der Waals surface area contributed by atoms with Crippen LogP contribution in [0.2, 0.25) is 0 Å². The summed E-state index contributed by atoms with van der Waals surface area (Å²) in [7, 11) is 0. The van der Waals surface area contributed by atoms with Crippen LogP contribution in [-0.4, -0.2) is 22.9 Å². The molecule has 4 nitrogen and oxygen atoms in total. The molecule has 0 fully saturated rings. The Bertz CT molecular complexity index is 574. The van der Waals surface area contributed by atoms with Gasteiger partial charge in [0.25, 0.3) is 0 Å². The Hall–Kier alpha value is -1.94. The van der Waals surface area contributed by atoms with Gasteiger partial charge in [-0.2, -0.15) is 5.10 Å². The van der Waals surface area contributed by atoms with Crippen molar-refractivity contribution in [3.05, 3.63) is 53.3 Å². The minimum Gasteiger partial charge on any atom is -0.311 e. The second-order valence-corrected chi connectivity index (χ2v) is 3.74. The van der Waals surface area contributed by atoms with Crippen LogP contribution in [0.25, 0.3) is 10.9 Å². The zero-order valence-corrected chi connectivity index (χ0v) is 9.60. The van der Waals surface area contributed by atoms with Crippen LogP contribution in [0.3, 0.4) is 0 Å². The van der Waals surface area contributed by atoms with E-state index in [0.29, 0.717) is 5.39 Å². The largest absolute Gasteiger partial charge is 0.311 e. The highest BCUT2D eigenvalue weighted by Crippen LogP contribution is 2.06. The van der Waals surface area contributed by atoms with E-state index in [2.05, 4.69) is 17.0 Å². The van der Waals surface area contributed by atoms with Crippen LogP contribution < -0.4 is 10.7 Å². The predicted molar refractivity (Wildman–Crippen MR) is 69.1 cm³/mol. The number of fused-ring (bicyclic) bond motifs is 1. The molecule has 1 heterocycles. The van der Waals surface area contributed by atoms with Crippen molar-refractivity contribution in [2.75, 3.05) is 13.1 Å². The zero-order chi connectivity index (χ0) is 12.1. The Kier molecular flexibility index (Phi) is 3.67. The molecule has 4 heteroatoms. The maximum absolute atomic E-state index is 11.6. The summed E-state index contributed by atoms with van der Waals surface area (Å²) in [5, 5.41) is 8.06. The van der Waals surface area contributed by atoms with Gasteiger partial charge in [-0.3, -0.25) is 9.48 Å². The SMILES string of the molecule is C=CCNCCn1ncc(=O)c2ccccc21. The molecular formula is C13H15N3O. The van der Waals surface area contributed by atoms with Gasteiger partial charge in [-0.1, -0.05) is 18.2 Å². The smallest absolute Gasteiger partial charge is 0.207 e. The average Bonchev–Trinajstić information content (AvgIpc) is 2.37. The van der Waals surface area contributed by atoms with Gasteiger partial charge >= 0.3 is 0 Å². The number of nitrogens with one attached hydrogen (secondary N) is 1. The van der Waals surface area contributed by atoms with Crippen molar-refractivity contribution < 1.29 is 0 Å². The first-order valence-corrected chi connectivity index (χ1v) is 5.59. The quantitative estimate of drug-likeness (QED) is 0.618. The van der Waals surface area contributed by atoms with Gasteiger partial charge in [-0.15, -0.1) is 6.58 Å². The molecule has 1 N–H and O–H groups in total. The zero-order valence-electron chi connectivity index (χ0n) is 9.60. The molecule has 1 aromatic heterocycles. The van der Waals surface area contributed by atoms with Crippen LogP contribution in [0.1, 0.15) is 0 Å². The van der Waals surface area contributed by atoms with Crippen LogP contribution in [0.5, 0.6) is 0 Å². The summed E-state index contributed by atoms with van der Waals surface area (Å²) < 4.78 is 1.84. The molecule has 2 aromatic rings. The first-order valence-electron chi connectivity index (χ1n) is 5.59. The van der Waals surface area contributed by atoms with Crippen molar-refractivity contribution in [2.24, 2.45) is 0 Å². The van der Waals surface area contributed by atoms with Crippen LogP contribution in [0, 0.1) is 0 Å². The molecule has 0 aliphatic heterocycles. The molecule has 0 saturated heterocycles. The molecular weight excluding hydrogens is 214 g/mol. The minimum atomic E-state index is -0.0316. The number of rotatable bonds is 5. The van der Waals surface area contributed by atoms with Gasteiger partial charge in [0.15, 0.2) is 0 Å². The van der Waals surface area contributed by atoms with Crippen molar-refractivity contribution in [1.29, 1.82) is 0 Å². The molecule has 2 rings (SSSR count). The van der Waals surface area contributed by atoms with E-state index in [-0.39, 0.29) is 5.43 Å². The molecule has 0 saturated carbocycles. The molecule has 0 aliphatic carbocycles. The second-order valence-electron chi connectivity index (χ2n) is 3.74. The van der Waals surface area contributed by atoms with Gasteiger partial charge < -0.3 is 5.32 Å². The Morgan fingerprint density at radius 2 is 2.24 bits per heavy atom. The van der Waals surface area contributed by atoms with Crippen LogP contribution in [-0.2, 0) is 6.54 Å². The number of hydrogen-bond donors (Lipinski definition) is 1. The fraction of sp³-hybridized carbons (Fsp3) is 0.231. The third kappa shape index (κ3) is 2.60. The van der Waals surface area contributed by atoms with Crippen molar-refractivity contribution in [3.8, 4) is 0 Å². The van der Waals surface area contributed by atoms with Crippen LogP contribution in [0.15, 0.2) is 47.9 Å². The first-order chi connectivity index (χ1) is 8.33. The molecule has 0 aliphatic rings. The number of hydrogen-bond acceptors (Lipinski definition) is 3. The second kappa shape index (κ2) is 5.41. The van der Waals surface area contributed by atoms with Gasteiger partial charge in [-0.05, 0) is 12.1 Å². The fourth-order valence-electron chi connectivity index (χ4n) is 1.73. The van der Waals surface area contributed by atoms with Gasteiger partial charge in [0.1, 0.15) is 0 Å². The normalized spacial score (nSPS) is 10.6. The molecule has 0 amide bonds. The summed E-state index contributed by atoms with van der Waals surface area (Å²) in [5.74, 6) is 0. The van der Waals surface area contributed by atoms with Crippen molar-refractivity contribution in [2.45, 2.75) is 6.54 Å². The van der Waals surface area contributed by atoms with Crippen molar-refractivity contribution >= 4 is 10.9 Å². The Labute approximate surface area is 99.6 Å². The van der Waals surface area contributed by atoms with Crippen LogP contribution in [0.4, 0.5) is 0 Å². The first kappa shape index (κ1) is 11.5. The van der Waals surface area contributed by atoms with Crippen LogP contribution >= 0.6 is 0 Å². The lowest BCUT2D eigenvalue weighted by Gasteiger charge is -2.08. The highest BCUT2D eigenvalue weighted by atomic mass is 16.1. The van der Waals surface area contributed by atoms with E-state index in [9.17, 15) is 4.79 Å². The van der Waals surface area contributed by atoms with E-state index in [1.165, 1.54) is 6.20 Å². The van der Waals surface area contributed by atoms with E-state index in [0.717, 1.165) is 25.2 Å². The van der Waals surface area contributed by atoms with Crippen molar-refractivity contribution in [3.63, 3.8) is 0 Å². The summed E-state index contributed by atoms with van der Waals surface area (Å²) in [6.45, 7) is 5.94. The minimum absolute atomic E-state index is 0.0316. The molecule has 0 atom stereocenters. The van der Waals surface area contributed by atoms with E-state index < -0.39 is 0 Å². The standard InChI is InChI=1S/C13H15N3O/c1-2-7-14-8-9-16-12-6-4-3-5-11(12)13(17)10-15-16/h2-6,10,14H,1,7-9H2. The lowest BCUT2D eigenvalue weighted by molar-refractivity contribution is 0.580. The molecule has 1 aromatic carbocycles. The number of nitrogens with zero attached hydrogens (tertiary/aromatic N) is 2. The fourth-order valence-corrected chi connectivity index (χ4v) is 1.73. The molecule has 17 heavy (non-hydrogen) atoms. The molecule has 0 unspecified atom stereocenters. The monoisotopic (exact) mass is 229 g/mol. The number of benzene rings is 1. The highest BCUT2D eigenvalue weighted by Gasteiger charge is 2.01. The van der Waals surface area contributed by atoms with E-state index in [4.69, 9.17) is 0 Å². The van der Waals surface area contributed by atoms with E-state index in [1.54, 1.807) is 0 Å². The topological polar surface area (TPSA) is 46.9 Å². The Balaban J connectivity index is 2.25. The molecule has 0 spiro atoms. The summed E-state index contributed by atoms with van der Waals surface area (Å²) >= 11 is 0. The van der Waals surface area contributed by atoms with Gasteiger partial charge in [0, 0.05) is 18.5 Å². The maximum atomic E-state index is 11.6.